The van der Waals surface area contributed by atoms with Crippen molar-refractivity contribution in [2.45, 2.75) is 78.1 Å². The molecule has 21 nitrogen and oxygen atoms in total. The molecular weight excluding hydrogens is 862 g/mol. The zero-order valence-corrected chi connectivity index (χ0v) is 39.0. The van der Waals surface area contributed by atoms with Gasteiger partial charge in [0, 0.05) is 63.7 Å². The van der Waals surface area contributed by atoms with E-state index in [0.717, 1.165) is 0 Å². The molecule has 0 fully saturated rings. The van der Waals surface area contributed by atoms with E-state index in [4.69, 9.17) is 67.1 Å². The van der Waals surface area contributed by atoms with Crippen LogP contribution in [0.1, 0.15) is 78.1 Å². The Morgan fingerprint density at radius 1 is 0.369 bits per heavy atom. The zero-order chi connectivity index (χ0) is 47.9. The highest BCUT2D eigenvalue weighted by atomic mass is 16.6. The summed E-state index contributed by atoms with van der Waals surface area (Å²) in [5.41, 5.74) is -0.625. The van der Waals surface area contributed by atoms with Gasteiger partial charge in [0.25, 0.3) is 0 Å². The molecule has 0 saturated carbocycles. The molecule has 0 aromatic carbocycles. The molecule has 0 spiro atoms. The topological polar surface area (TPSA) is 266 Å². The van der Waals surface area contributed by atoms with E-state index in [1.807, 2.05) is 6.92 Å². The van der Waals surface area contributed by atoms with Crippen molar-refractivity contribution in [1.29, 1.82) is 0 Å². The van der Waals surface area contributed by atoms with E-state index in [0.29, 0.717) is 144 Å². The van der Waals surface area contributed by atoms with Crippen molar-refractivity contribution in [2.24, 2.45) is 5.41 Å². The second kappa shape index (κ2) is 46.1. The van der Waals surface area contributed by atoms with Crippen LogP contribution in [-0.2, 0) is 85.6 Å². The van der Waals surface area contributed by atoms with Crippen molar-refractivity contribution in [3.63, 3.8) is 0 Å². The Morgan fingerprint density at radius 3 is 1.05 bits per heavy atom. The van der Waals surface area contributed by atoms with Gasteiger partial charge < -0.3 is 72.4 Å². The van der Waals surface area contributed by atoms with Crippen LogP contribution in [0, 0.1) is 5.41 Å². The van der Waals surface area contributed by atoms with Crippen LogP contribution < -0.4 is 5.32 Å². The minimum absolute atomic E-state index is 0.0418. The van der Waals surface area contributed by atoms with Crippen LogP contribution in [-0.4, -0.2) is 211 Å². The minimum Gasteiger partial charge on any atom is -0.481 e. The highest BCUT2D eigenvalue weighted by Crippen LogP contribution is 2.19. The lowest BCUT2D eigenvalue weighted by Gasteiger charge is -2.29. The summed E-state index contributed by atoms with van der Waals surface area (Å²) in [6.07, 6.45) is 2.69. The molecule has 1 amide bonds. The number of carbonyl (C=O) groups excluding carboxylic acids is 4. The van der Waals surface area contributed by atoms with E-state index in [9.17, 15) is 28.8 Å². The maximum Gasteiger partial charge on any atom is 0.305 e. The largest absolute Gasteiger partial charge is 0.481 e. The Hall–Kier alpha value is -3.06. The standard InChI is InChI=1S/C44H79NO20/c1-38(46)7-16-56-25-31-62-34-28-59-22-13-45-41(49)10-19-65-37-44(2,35-63-17-8-39(47)5-3-14-54-23-29-60-32-26-57-20-11-42(50)51)36-64-18-9-40(48)6-4-15-55-24-30-61-33-27-58-21-12-43(52)53/h3-37H2,1-2H3,(H,45,49)(H,50,51)(H,52,53). The molecule has 0 bridgehead atoms. The van der Waals surface area contributed by atoms with E-state index < -0.39 is 17.4 Å². The first-order chi connectivity index (χ1) is 31.4. The molecule has 0 heterocycles. The van der Waals surface area contributed by atoms with Gasteiger partial charge in [-0.25, -0.2) is 0 Å². The minimum atomic E-state index is -0.912. The maximum atomic E-state index is 12.5. The molecule has 0 rings (SSSR count). The molecule has 0 aliphatic heterocycles. The third-order valence-corrected chi connectivity index (χ3v) is 8.68. The average molecular weight is 942 g/mol. The van der Waals surface area contributed by atoms with Crippen LogP contribution in [0.2, 0.25) is 0 Å². The molecular formula is C44H79NO20. The van der Waals surface area contributed by atoms with Gasteiger partial charge in [0.2, 0.25) is 5.91 Å². The summed E-state index contributed by atoms with van der Waals surface area (Å²) in [5, 5.41) is 20.0. The number of ketones is 3. The summed E-state index contributed by atoms with van der Waals surface area (Å²) < 4.78 is 65.9. The van der Waals surface area contributed by atoms with Crippen LogP contribution >= 0.6 is 0 Å². The number of nitrogens with one attached hydrogen (secondary N) is 1. The van der Waals surface area contributed by atoms with Gasteiger partial charge in [0.05, 0.1) is 158 Å². The van der Waals surface area contributed by atoms with Crippen molar-refractivity contribution in [1.82, 2.24) is 5.32 Å². The van der Waals surface area contributed by atoms with Crippen LogP contribution in [0.25, 0.3) is 0 Å². The lowest BCUT2D eigenvalue weighted by atomic mass is 9.94. The van der Waals surface area contributed by atoms with Gasteiger partial charge in [0.1, 0.15) is 17.3 Å². The highest BCUT2D eigenvalue weighted by molar-refractivity contribution is 5.78. The molecule has 0 aromatic heterocycles. The van der Waals surface area contributed by atoms with Gasteiger partial charge in [-0.05, 0) is 19.8 Å². The van der Waals surface area contributed by atoms with E-state index in [2.05, 4.69) is 5.32 Å². The molecule has 0 aliphatic carbocycles. The molecule has 0 aliphatic rings. The first-order valence-electron chi connectivity index (χ1n) is 22.6. The summed E-state index contributed by atoms with van der Waals surface area (Å²) in [6, 6.07) is 0. The second-order valence-corrected chi connectivity index (χ2v) is 15.1. The summed E-state index contributed by atoms with van der Waals surface area (Å²) in [5.74, 6) is -1.85. The molecule has 380 valence electrons. The van der Waals surface area contributed by atoms with Crippen molar-refractivity contribution in [2.75, 3.05) is 165 Å². The Kier molecular flexibility index (Phi) is 43.9. The summed E-state index contributed by atoms with van der Waals surface area (Å²) in [6.45, 7) is 11.1. The number of rotatable bonds is 53. The van der Waals surface area contributed by atoms with Gasteiger partial charge in [0.15, 0.2) is 0 Å². The van der Waals surface area contributed by atoms with E-state index in [1.165, 1.54) is 6.92 Å². The molecule has 0 aromatic rings. The zero-order valence-electron chi connectivity index (χ0n) is 39.0. The lowest BCUT2D eigenvalue weighted by Crippen LogP contribution is -2.35. The normalized spacial score (nSPS) is 11.5. The Morgan fingerprint density at radius 2 is 0.677 bits per heavy atom. The van der Waals surface area contributed by atoms with Crippen LogP contribution in [0.5, 0.6) is 0 Å². The van der Waals surface area contributed by atoms with Gasteiger partial charge in [-0.3, -0.25) is 28.8 Å². The quantitative estimate of drug-likeness (QED) is 0.0737. The van der Waals surface area contributed by atoms with Crippen LogP contribution in [0.4, 0.5) is 0 Å². The Labute approximate surface area is 384 Å². The maximum absolute atomic E-state index is 12.5. The molecule has 0 saturated heterocycles. The fourth-order valence-electron chi connectivity index (χ4n) is 5.12. The number of amides is 1. The molecule has 0 atom stereocenters. The predicted molar refractivity (Wildman–Crippen MR) is 233 cm³/mol. The smallest absolute Gasteiger partial charge is 0.305 e. The number of hydrogen-bond donors (Lipinski definition) is 3. The van der Waals surface area contributed by atoms with Crippen LogP contribution in [0.15, 0.2) is 0 Å². The first kappa shape index (κ1) is 61.9. The number of carbonyl (C=O) groups is 6. The number of Topliss-reactive ketones (excluding diaryl/α,β-unsaturated/α-hetero) is 3. The van der Waals surface area contributed by atoms with Gasteiger partial charge >= 0.3 is 11.9 Å². The molecule has 21 heteroatoms. The predicted octanol–water partition coefficient (Wildman–Crippen LogP) is 2.11. The molecule has 0 radical (unpaired) electrons. The fourth-order valence-corrected chi connectivity index (χ4v) is 5.12. The molecule has 0 unspecified atom stereocenters. The van der Waals surface area contributed by atoms with Gasteiger partial charge in [-0.1, -0.05) is 6.92 Å². The van der Waals surface area contributed by atoms with Crippen LogP contribution in [0.3, 0.4) is 0 Å². The van der Waals surface area contributed by atoms with Crippen molar-refractivity contribution in [3.05, 3.63) is 0 Å². The Balaban J connectivity index is 4.40. The molecule has 3 N–H and O–H groups in total. The van der Waals surface area contributed by atoms with Gasteiger partial charge in [-0.2, -0.15) is 0 Å². The van der Waals surface area contributed by atoms with Crippen molar-refractivity contribution < 1.29 is 95.8 Å². The number of aliphatic carboxylic acids is 2. The Bertz CT molecular complexity index is 1070. The van der Waals surface area contributed by atoms with E-state index >= 15 is 0 Å². The van der Waals surface area contributed by atoms with E-state index in [1.54, 1.807) is 0 Å². The highest BCUT2D eigenvalue weighted by Gasteiger charge is 2.26. The number of hydrogen-bond acceptors (Lipinski definition) is 18. The molecule has 65 heavy (non-hydrogen) atoms. The second-order valence-electron chi connectivity index (χ2n) is 15.1. The third kappa shape index (κ3) is 48.7. The summed E-state index contributed by atoms with van der Waals surface area (Å²) in [7, 11) is 0. The number of carboxylic acid groups (broad SMARTS) is 2. The first-order valence-corrected chi connectivity index (χ1v) is 22.6. The number of carboxylic acids is 2. The third-order valence-electron chi connectivity index (χ3n) is 8.68. The summed E-state index contributed by atoms with van der Waals surface area (Å²) in [4.78, 5) is 69.1. The van der Waals surface area contributed by atoms with E-state index in [-0.39, 0.29) is 108 Å². The van der Waals surface area contributed by atoms with Crippen molar-refractivity contribution >= 4 is 35.2 Å². The fraction of sp³-hybridized carbons (Fsp3) is 0.864. The average Bonchev–Trinajstić information content (AvgIpc) is 3.26. The van der Waals surface area contributed by atoms with Gasteiger partial charge in [-0.15, -0.1) is 0 Å². The SMILES string of the molecule is CC(=O)CCOCCOCCOCCNC(=O)CCOCC(C)(COCCC(=O)CCCOCCOCCOCCC(=O)O)COCCC(=O)CCCOCCOCCOCCC(=O)O. The van der Waals surface area contributed by atoms with Crippen molar-refractivity contribution in [3.8, 4) is 0 Å². The monoisotopic (exact) mass is 942 g/mol. The lowest BCUT2D eigenvalue weighted by molar-refractivity contribution is -0.139. The summed E-state index contributed by atoms with van der Waals surface area (Å²) >= 11 is 0. The number of ether oxygens (including phenoxy) is 12.